The Hall–Kier alpha value is -2.45. The molecule has 0 spiro atoms. The Morgan fingerprint density at radius 3 is 2.11 bits per heavy atom. The van der Waals surface area contributed by atoms with Gasteiger partial charge in [-0.3, -0.25) is 29.8 Å². The number of carbonyl (C=O) groups is 5. The molecule has 1 saturated heterocycles. The molecule has 1 heterocycles. The Bertz CT molecular complexity index is 439. The van der Waals surface area contributed by atoms with E-state index >= 15 is 0 Å². The molecular weight excluding hydrogens is 256 g/mol. The lowest BCUT2D eigenvalue weighted by molar-refractivity contribution is -0.143. The number of amides is 6. The third-order valence-electron chi connectivity index (χ3n) is 2.61. The molecule has 0 unspecified atom stereocenters. The minimum Gasteiger partial charge on any atom is -0.347 e. The first kappa shape index (κ1) is 14.6. The van der Waals surface area contributed by atoms with Gasteiger partial charge in [-0.15, -0.1) is 0 Å². The van der Waals surface area contributed by atoms with Gasteiger partial charge < -0.3 is 10.6 Å². The number of rotatable bonds is 4. The van der Waals surface area contributed by atoms with Crippen LogP contribution in [0.25, 0.3) is 0 Å². The van der Waals surface area contributed by atoms with E-state index in [1.807, 2.05) is 10.6 Å². The summed E-state index contributed by atoms with van der Waals surface area (Å²) in [6.45, 7) is 2.36. The topological polar surface area (TPSA) is 133 Å². The lowest BCUT2D eigenvalue weighted by Gasteiger charge is -2.33. The van der Waals surface area contributed by atoms with Crippen LogP contribution in [0.5, 0.6) is 0 Å². The smallest absolute Gasteiger partial charge is 0.328 e. The zero-order chi connectivity index (χ0) is 14.6. The summed E-state index contributed by atoms with van der Waals surface area (Å²) in [5.41, 5.74) is -1.84. The molecule has 4 N–H and O–H groups in total. The zero-order valence-electron chi connectivity index (χ0n) is 10.5. The molecule has 1 aliphatic heterocycles. The average molecular weight is 270 g/mol. The van der Waals surface area contributed by atoms with Gasteiger partial charge in [0.25, 0.3) is 11.8 Å². The van der Waals surface area contributed by atoms with Crippen LogP contribution in [0.2, 0.25) is 0 Å². The second-order valence-electron chi connectivity index (χ2n) is 3.95. The van der Waals surface area contributed by atoms with Crippen molar-refractivity contribution in [2.45, 2.75) is 25.8 Å². The normalized spacial score (nSPS) is 17.3. The van der Waals surface area contributed by atoms with Gasteiger partial charge in [-0.25, -0.2) is 4.79 Å². The first-order valence-corrected chi connectivity index (χ1v) is 5.54. The monoisotopic (exact) mass is 270 g/mol. The van der Waals surface area contributed by atoms with Crippen LogP contribution in [-0.2, 0) is 19.2 Å². The molecule has 0 bridgehead atoms. The quantitative estimate of drug-likeness (QED) is 0.428. The largest absolute Gasteiger partial charge is 0.347 e. The molecular formula is C10H14N4O5. The molecule has 0 aromatic carbocycles. The van der Waals surface area contributed by atoms with E-state index in [1.165, 1.54) is 13.8 Å². The van der Waals surface area contributed by atoms with E-state index in [0.717, 1.165) is 0 Å². The number of imide groups is 2. The highest BCUT2D eigenvalue weighted by Crippen LogP contribution is 2.13. The van der Waals surface area contributed by atoms with Crippen molar-refractivity contribution >= 4 is 29.7 Å². The summed E-state index contributed by atoms with van der Waals surface area (Å²) in [4.78, 5) is 56.7. The Morgan fingerprint density at radius 2 is 1.68 bits per heavy atom. The summed E-state index contributed by atoms with van der Waals surface area (Å²) in [6, 6.07) is -0.935. The second kappa shape index (κ2) is 5.46. The fourth-order valence-electron chi connectivity index (χ4n) is 1.56. The Morgan fingerprint density at radius 1 is 1.16 bits per heavy atom. The lowest BCUT2D eigenvalue weighted by atomic mass is 9.92. The Balaban J connectivity index is 2.82. The van der Waals surface area contributed by atoms with Gasteiger partial charge in [-0.1, -0.05) is 6.92 Å². The molecule has 0 aromatic heterocycles. The molecule has 0 radical (unpaired) electrons. The summed E-state index contributed by atoms with van der Waals surface area (Å²) in [7, 11) is 0. The van der Waals surface area contributed by atoms with Gasteiger partial charge in [-0.05, 0) is 6.42 Å². The molecule has 9 heteroatoms. The predicted octanol–water partition coefficient (Wildman–Crippen LogP) is -2.25. The van der Waals surface area contributed by atoms with Crippen molar-refractivity contribution < 1.29 is 24.0 Å². The van der Waals surface area contributed by atoms with E-state index in [0.29, 0.717) is 0 Å². The molecule has 9 nitrogen and oxygen atoms in total. The van der Waals surface area contributed by atoms with Crippen molar-refractivity contribution in [1.29, 1.82) is 0 Å². The zero-order valence-corrected chi connectivity index (χ0v) is 10.5. The number of hydrogen-bond acceptors (Lipinski definition) is 5. The van der Waals surface area contributed by atoms with Crippen molar-refractivity contribution in [3.8, 4) is 0 Å². The van der Waals surface area contributed by atoms with Crippen LogP contribution < -0.4 is 21.3 Å². The van der Waals surface area contributed by atoms with Gasteiger partial charge in [0.05, 0.1) is 6.54 Å². The van der Waals surface area contributed by atoms with Crippen LogP contribution >= 0.6 is 0 Å². The highest BCUT2D eigenvalue weighted by Gasteiger charge is 2.50. The Labute approximate surface area is 108 Å². The fraction of sp³-hybridized carbons (Fsp3) is 0.500. The number of carbonyl (C=O) groups excluding carboxylic acids is 5. The van der Waals surface area contributed by atoms with Crippen LogP contribution in [0.15, 0.2) is 0 Å². The summed E-state index contributed by atoms with van der Waals surface area (Å²) in [5.74, 6) is -2.94. The summed E-state index contributed by atoms with van der Waals surface area (Å²) < 4.78 is 0. The van der Waals surface area contributed by atoms with Crippen LogP contribution in [0.1, 0.15) is 20.3 Å². The van der Waals surface area contributed by atoms with Crippen LogP contribution in [0, 0.1) is 0 Å². The highest BCUT2D eigenvalue weighted by molar-refractivity contribution is 6.23. The second-order valence-corrected chi connectivity index (χ2v) is 3.95. The molecule has 6 amide bonds. The molecule has 1 fully saturated rings. The van der Waals surface area contributed by atoms with E-state index in [1.54, 1.807) is 0 Å². The van der Waals surface area contributed by atoms with Crippen molar-refractivity contribution in [3.05, 3.63) is 0 Å². The summed E-state index contributed by atoms with van der Waals surface area (Å²) in [5, 5.41) is 8.28. The average Bonchev–Trinajstić information content (AvgIpc) is 2.31. The maximum absolute atomic E-state index is 11.7. The molecule has 1 aliphatic rings. The standard InChI is InChI=1S/C10H14N4O5/c1-3-10(14-6(16)4-11-5(2)15)7(17)12-9(19)13-8(10)18/h3-4H2,1-2H3,(H,11,15)(H,14,16)(H2,12,13,17,18,19). The first-order valence-electron chi connectivity index (χ1n) is 5.54. The molecule has 19 heavy (non-hydrogen) atoms. The van der Waals surface area contributed by atoms with Crippen molar-refractivity contribution in [1.82, 2.24) is 21.3 Å². The van der Waals surface area contributed by atoms with Gasteiger partial charge in [0.1, 0.15) is 0 Å². The summed E-state index contributed by atoms with van der Waals surface area (Å²) in [6.07, 6.45) is -0.0379. The number of hydrogen-bond donors (Lipinski definition) is 4. The van der Waals surface area contributed by atoms with Crippen molar-refractivity contribution in [3.63, 3.8) is 0 Å². The highest BCUT2D eigenvalue weighted by atomic mass is 16.2. The predicted molar refractivity (Wildman–Crippen MR) is 61.5 cm³/mol. The first-order chi connectivity index (χ1) is 8.81. The van der Waals surface area contributed by atoms with E-state index in [4.69, 9.17) is 0 Å². The molecule has 0 aliphatic carbocycles. The van der Waals surface area contributed by atoms with Crippen LogP contribution in [0.4, 0.5) is 4.79 Å². The SMILES string of the molecule is CCC1(NC(=O)CNC(C)=O)C(=O)NC(=O)NC1=O. The molecule has 0 atom stereocenters. The van der Waals surface area contributed by atoms with Gasteiger partial charge in [-0.2, -0.15) is 0 Å². The Kier molecular flexibility index (Phi) is 4.20. The third-order valence-corrected chi connectivity index (χ3v) is 2.61. The van der Waals surface area contributed by atoms with Gasteiger partial charge >= 0.3 is 6.03 Å². The fourth-order valence-corrected chi connectivity index (χ4v) is 1.56. The minimum absolute atomic E-state index is 0.0379. The van der Waals surface area contributed by atoms with Gasteiger partial charge in [0.2, 0.25) is 11.8 Å². The maximum atomic E-state index is 11.7. The number of barbiturate groups is 1. The minimum atomic E-state index is -1.84. The summed E-state index contributed by atoms with van der Waals surface area (Å²) >= 11 is 0. The van der Waals surface area contributed by atoms with Crippen molar-refractivity contribution in [2.24, 2.45) is 0 Å². The molecule has 0 aromatic rings. The molecule has 104 valence electrons. The molecule has 1 rings (SSSR count). The van der Waals surface area contributed by atoms with Gasteiger partial charge in [0.15, 0.2) is 5.54 Å². The maximum Gasteiger partial charge on any atom is 0.328 e. The van der Waals surface area contributed by atoms with Gasteiger partial charge in [0, 0.05) is 6.92 Å². The van der Waals surface area contributed by atoms with Crippen LogP contribution in [0.3, 0.4) is 0 Å². The van der Waals surface area contributed by atoms with E-state index in [9.17, 15) is 24.0 Å². The lowest BCUT2D eigenvalue weighted by Crippen LogP contribution is -2.73. The van der Waals surface area contributed by atoms with E-state index in [2.05, 4.69) is 10.6 Å². The number of nitrogens with one attached hydrogen (secondary N) is 4. The van der Waals surface area contributed by atoms with E-state index < -0.39 is 35.2 Å². The van der Waals surface area contributed by atoms with E-state index in [-0.39, 0.29) is 13.0 Å². The molecule has 0 saturated carbocycles. The van der Waals surface area contributed by atoms with Crippen LogP contribution in [-0.4, -0.2) is 41.7 Å². The third kappa shape index (κ3) is 3.06. The number of urea groups is 1. The van der Waals surface area contributed by atoms with Crippen molar-refractivity contribution in [2.75, 3.05) is 6.54 Å².